The summed E-state index contributed by atoms with van der Waals surface area (Å²) in [5, 5.41) is 3.47. The maximum Gasteiger partial charge on any atom is 0.227 e. The van der Waals surface area contributed by atoms with Crippen molar-refractivity contribution in [3.63, 3.8) is 0 Å². The van der Waals surface area contributed by atoms with E-state index in [0.29, 0.717) is 23.8 Å². The summed E-state index contributed by atoms with van der Waals surface area (Å²) >= 11 is 0. The monoisotopic (exact) mass is 376 g/mol. The normalized spacial score (nSPS) is 27.9. The van der Waals surface area contributed by atoms with E-state index in [-0.39, 0.29) is 11.8 Å². The van der Waals surface area contributed by atoms with Gasteiger partial charge in [0.05, 0.1) is 5.92 Å². The van der Waals surface area contributed by atoms with Gasteiger partial charge in [-0.1, -0.05) is 74.5 Å². The van der Waals surface area contributed by atoms with E-state index in [1.807, 2.05) is 6.07 Å². The average Bonchev–Trinajstić information content (AvgIpc) is 3.24. The van der Waals surface area contributed by atoms with Gasteiger partial charge in [-0.15, -0.1) is 0 Å². The molecule has 3 heteroatoms. The maximum absolute atomic E-state index is 13.6. The van der Waals surface area contributed by atoms with Crippen LogP contribution in [0.5, 0.6) is 0 Å². The van der Waals surface area contributed by atoms with Gasteiger partial charge in [0.1, 0.15) is 0 Å². The first kappa shape index (κ1) is 19.2. The highest BCUT2D eigenvalue weighted by molar-refractivity contribution is 5.81. The van der Waals surface area contributed by atoms with E-state index in [4.69, 9.17) is 0 Å². The summed E-state index contributed by atoms with van der Waals surface area (Å²) < 4.78 is 0. The van der Waals surface area contributed by atoms with Gasteiger partial charge < -0.3 is 10.2 Å². The molecule has 2 aliphatic heterocycles. The lowest BCUT2D eigenvalue weighted by Crippen LogP contribution is -2.51. The number of benzene rings is 2. The Morgan fingerprint density at radius 2 is 1.61 bits per heavy atom. The summed E-state index contributed by atoms with van der Waals surface area (Å²) in [5.41, 5.74) is 2.70. The molecule has 0 saturated carbocycles. The predicted molar refractivity (Wildman–Crippen MR) is 114 cm³/mol. The number of carbonyl (C=O) groups is 1. The number of hydrogen-bond donors (Lipinski definition) is 1. The van der Waals surface area contributed by atoms with Gasteiger partial charge >= 0.3 is 0 Å². The van der Waals surface area contributed by atoms with Crippen molar-refractivity contribution in [3.8, 4) is 0 Å². The second-order valence-electron chi connectivity index (χ2n) is 8.76. The quantitative estimate of drug-likeness (QED) is 0.857. The zero-order valence-corrected chi connectivity index (χ0v) is 17.1. The Labute approximate surface area is 169 Å². The zero-order valence-electron chi connectivity index (χ0n) is 17.1. The molecule has 0 aromatic heterocycles. The minimum Gasteiger partial charge on any atom is -0.339 e. The summed E-state index contributed by atoms with van der Waals surface area (Å²) in [6, 6.07) is 21.7. The van der Waals surface area contributed by atoms with Crippen LogP contribution in [0.2, 0.25) is 0 Å². The molecule has 2 aromatic carbocycles. The predicted octanol–water partition coefficient (Wildman–Crippen LogP) is 4.42. The highest BCUT2D eigenvalue weighted by Crippen LogP contribution is 2.37. The van der Waals surface area contributed by atoms with Crippen LogP contribution in [-0.2, 0) is 4.79 Å². The molecule has 2 unspecified atom stereocenters. The van der Waals surface area contributed by atoms with Gasteiger partial charge in [-0.25, -0.2) is 0 Å². The lowest BCUT2D eigenvalue weighted by Gasteiger charge is -2.43. The number of nitrogens with one attached hydrogen (secondary N) is 1. The van der Waals surface area contributed by atoms with Crippen molar-refractivity contribution in [2.45, 2.75) is 44.6 Å². The van der Waals surface area contributed by atoms with E-state index in [0.717, 1.165) is 32.5 Å². The molecule has 1 amide bonds. The first-order valence-corrected chi connectivity index (χ1v) is 10.8. The molecule has 2 saturated heterocycles. The van der Waals surface area contributed by atoms with Crippen LogP contribution in [0, 0.1) is 11.8 Å². The van der Waals surface area contributed by atoms with Gasteiger partial charge in [-0.3, -0.25) is 4.79 Å². The fourth-order valence-electron chi connectivity index (χ4n) is 5.13. The van der Waals surface area contributed by atoms with Crippen LogP contribution >= 0.6 is 0 Å². The minimum atomic E-state index is 0.0527. The second kappa shape index (κ2) is 8.48. The summed E-state index contributed by atoms with van der Waals surface area (Å²) in [4.78, 5) is 15.8. The van der Waals surface area contributed by atoms with Crippen LogP contribution in [0.25, 0.3) is 0 Å². The molecule has 28 heavy (non-hydrogen) atoms. The van der Waals surface area contributed by atoms with E-state index < -0.39 is 0 Å². The molecule has 2 aliphatic rings. The largest absolute Gasteiger partial charge is 0.339 e. The Balaban J connectivity index is 1.52. The van der Waals surface area contributed by atoms with Crippen LogP contribution in [0.3, 0.4) is 0 Å². The van der Waals surface area contributed by atoms with Crippen molar-refractivity contribution >= 4 is 5.91 Å². The number of amides is 1. The number of carbonyl (C=O) groups excluding carboxylic acids is 1. The molecule has 4 atom stereocenters. The molecule has 0 aliphatic carbocycles. The Morgan fingerprint density at radius 3 is 2.25 bits per heavy atom. The number of rotatable bonds is 4. The van der Waals surface area contributed by atoms with Crippen molar-refractivity contribution in [2.24, 2.45) is 11.8 Å². The SMILES string of the molecule is CC(C)C1CC(c2ccccc2)CCN1C(=O)[C@@H]1CNC[C@H]1c1ccccc1. The van der Waals surface area contributed by atoms with Gasteiger partial charge in [0, 0.05) is 31.6 Å². The lowest BCUT2D eigenvalue weighted by molar-refractivity contribution is -0.140. The smallest absolute Gasteiger partial charge is 0.227 e. The van der Waals surface area contributed by atoms with E-state index in [1.54, 1.807) is 0 Å². The summed E-state index contributed by atoms with van der Waals surface area (Å²) in [6.07, 6.45) is 2.14. The molecule has 2 aromatic rings. The average molecular weight is 377 g/mol. The van der Waals surface area contributed by atoms with Crippen LogP contribution in [0.4, 0.5) is 0 Å². The second-order valence-corrected chi connectivity index (χ2v) is 8.76. The summed E-state index contributed by atoms with van der Waals surface area (Å²) in [6.45, 7) is 7.09. The number of nitrogens with zero attached hydrogens (tertiary/aromatic N) is 1. The zero-order chi connectivity index (χ0) is 19.5. The molecule has 0 spiro atoms. The van der Waals surface area contributed by atoms with E-state index >= 15 is 0 Å². The molecule has 0 bridgehead atoms. The van der Waals surface area contributed by atoms with E-state index in [2.05, 4.69) is 78.7 Å². The van der Waals surface area contributed by atoms with Crippen molar-refractivity contribution in [1.82, 2.24) is 10.2 Å². The third-order valence-corrected chi connectivity index (χ3v) is 6.73. The van der Waals surface area contributed by atoms with E-state index in [9.17, 15) is 4.79 Å². The minimum absolute atomic E-state index is 0.0527. The molecule has 0 radical (unpaired) electrons. The molecule has 4 rings (SSSR count). The van der Waals surface area contributed by atoms with Crippen molar-refractivity contribution < 1.29 is 4.79 Å². The lowest BCUT2D eigenvalue weighted by atomic mass is 9.80. The third-order valence-electron chi connectivity index (χ3n) is 6.73. The molecule has 2 fully saturated rings. The van der Waals surface area contributed by atoms with E-state index in [1.165, 1.54) is 11.1 Å². The van der Waals surface area contributed by atoms with Crippen LogP contribution in [-0.4, -0.2) is 36.5 Å². The first-order valence-electron chi connectivity index (χ1n) is 10.8. The Hall–Kier alpha value is -2.13. The van der Waals surface area contributed by atoms with Gasteiger partial charge in [0.15, 0.2) is 0 Å². The van der Waals surface area contributed by atoms with Crippen LogP contribution in [0.15, 0.2) is 60.7 Å². The highest BCUT2D eigenvalue weighted by atomic mass is 16.2. The maximum atomic E-state index is 13.6. The first-order chi connectivity index (χ1) is 13.6. The third kappa shape index (κ3) is 3.86. The summed E-state index contributed by atoms with van der Waals surface area (Å²) in [7, 11) is 0. The van der Waals surface area contributed by atoms with Gasteiger partial charge in [0.2, 0.25) is 5.91 Å². The molecule has 1 N–H and O–H groups in total. The fraction of sp³-hybridized carbons (Fsp3) is 0.480. The van der Waals surface area contributed by atoms with Gasteiger partial charge in [-0.2, -0.15) is 0 Å². The van der Waals surface area contributed by atoms with Crippen molar-refractivity contribution in [3.05, 3.63) is 71.8 Å². The molecular formula is C25H32N2O. The molecular weight excluding hydrogens is 344 g/mol. The highest BCUT2D eigenvalue weighted by Gasteiger charge is 2.41. The van der Waals surface area contributed by atoms with Crippen molar-refractivity contribution in [1.29, 1.82) is 0 Å². The Kier molecular flexibility index (Phi) is 5.82. The van der Waals surface area contributed by atoms with Gasteiger partial charge in [0.25, 0.3) is 0 Å². The van der Waals surface area contributed by atoms with Crippen molar-refractivity contribution in [2.75, 3.05) is 19.6 Å². The standard InChI is InChI=1S/C25H32N2O/c1-18(2)24-15-21(19-9-5-3-6-10-19)13-14-27(24)25(28)23-17-26-16-22(23)20-11-7-4-8-12-20/h3-12,18,21-24,26H,13-17H2,1-2H3/t21?,22-,23+,24?/m0/s1. The molecule has 3 nitrogen and oxygen atoms in total. The number of piperidine rings is 1. The van der Waals surface area contributed by atoms with Crippen LogP contribution < -0.4 is 5.32 Å². The number of likely N-dealkylation sites (tertiary alicyclic amines) is 1. The van der Waals surface area contributed by atoms with Crippen LogP contribution in [0.1, 0.15) is 49.7 Å². The molecule has 2 heterocycles. The topological polar surface area (TPSA) is 32.3 Å². The number of hydrogen-bond acceptors (Lipinski definition) is 2. The Bertz CT molecular complexity index is 774. The summed E-state index contributed by atoms with van der Waals surface area (Å²) in [5.74, 6) is 1.72. The Morgan fingerprint density at radius 1 is 0.964 bits per heavy atom. The molecule has 148 valence electrons. The fourth-order valence-corrected chi connectivity index (χ4v) is 5.13. The van der Waals surface area contributed by atoms with Gasteiger partial charge in [-0.05, 0) is 35.8 Å².